The van der Waals surface area contributed by atoms with Gasteiger partial charge in [0.1, 0.15) is 11.7 Å². The van der Waals surface area contributed by atoms with Gasteiger partial charge in [-0.1, -0.05) is 127 Å². The number of hydrogen-bond acceptors (Lipinski definition) is 12. The number of benzene rings is 2. The maximum absolute atomic E-state index is 16.1. The second-order valence-electron chi connectivity index (χ2n) is 21.6. The summed E-state index contributed by atoms with van der Waals surface area (Å²) in [5.41, 5.74) is -3.25. The molecule has 2 aromatic rings. The van der Waals surface area contributed by atoms with Crippen LogP contribution in [-0.2, 0) is 46.9 Å². The van der Waals surface area contributed by atoms with Gasteiger partial charge in [0.15, 0.2) is 46.3 Å². The molecule has 4 fully saturated rings. The number of rotatable bonds is 14. The van der Waals surface area contributed by atoms with Gasteiger partial charge in [0.2, 0.25) is 0 Å². The summed E-state index contributed by atoms with van der Waals surface area (Å²) in [6.45, 7) is 25.7. The minimum absolute atomic E-state index is 0.0602. The van der Waals surface area contributed by atoms with Gasteiger partial charge in [-0.25, -0.2) is 9.59 Å². The minimum Gasteiger partial charge on any atom is -0.456 e. The predicted molar refractivity (Wildman–Crippen MR) is 266 cm³/mol. The highest BCUT2D eigenvalue weighted by Crippen LogP contribution is 2.68. The summed E-state index contributed by atoms with van der Waals surface area (Å²) in [5, 5.41) is 2.75. The maximum atomic E-state index is 16.1. The number of alkyl halides is 1. The van der Waals surface area contributed by atoms with Gasteiger partial charge in [-0.05, 0) is 85.4 Å². The molecule has 13 nitrogen and oxygen atoms in total. The van der Waals surface area contributed by atoms with Gasteiger partial charge in [0, 0.05) is 34.2 Å². The molecule has 2 saturated carbocycles. The molecule has 2 bridgehead atoms. The summed E-state index contributed by atoms with van der Waals surface area (Å²) in [6.07, 6.45) is -6.18. The van der Waals surface area contributed by atoms with Crippen molar-refractivity contribution in [2.75, 3.05) is 6.61 Å². The van der Waals surface area contributed by atoms with Gasteiger partial charge >= 0.3 is 18.1 Å². The van der Waals surface area contributed by atoms with Crippen molar-refractivity contribution in [3.8, 4) is 0 Å². The molecule has 0 aromatic heterocycles. The first-order valence-electron chi connectivity index (χ1n) is 23.9. The third kappa shape index (κ3) is 8.69. The molecule has 5 aliphatic rings. The van der Waals surface area contributed by atoms with Gasteiger partial charge in [0.25, 0.3) is 5.91 Å². The summed E-state index contributed by atoms with van der Waals surface area (Å²) in [7, 11) is -5.22. The van der Waals surface area contributed by atoms with E-state index < -0.39 is 105 Å². The van der Waals surface area contributed by atoms with E-state index >= 15 is 9.59 Å². The number of carbonyl (C=O) groups excluding carboxylic acids is 5. The number of hydrogen-bond donors (Lipinski definition) is 1. The van der Waals surface area contributed by atoms with Crippen LogP contribution in [0.2, 0.25) is 36.3 Å². The van der Waals surface area contributed by atoms with Crippen LogP contribution in [0.3, 0.4) is 0 Å². The highest BCUT2D eigenvalue weighted by atomic mass is 127. The molecule has 1 N–H and O–H groups in total. The van der Waals surface area contributed by atoms with Crippen LogP contribution in [0.5, 0.6) is 0 Å². The lowest BCUT2D eigenvalue weighted by molar-refractivity contribution is -0.198. The summed E-state index contributed by atoms with van der Waals surface area (Å²) in [6, 6.07) is 19.4. The van der Waals surface area contributed by atoms with Crippen LogP contribution < -0.4 is 5.32 Å². The average Bonchev–Trinajstić information content (AvgIpc) is 4.00. The van der Waals surface area contributed by atoms with Gasteiger partial charge in [-0.2, -0.15) is 0 Å². The number of epoxide rings is 1. The molecule has 2 spiro atoms. The summed E-state index contributed by atoms with van der Waals surface area (Å²) in [5.74, 6) is -3.06. The molecule has 3 aliphatic carbocycles. The lowest BCUT2D eigenvalue weighted by Crippen LogP contribution is -2.74. The molecule has 11 atom stereocenters. The van der Waals surface area contributed by atoms with E-state index in [1.165, 1.54) is 6.92 Å². The Morgan fingerprint density at radius 3 is 2.04 bits per heavy atom. The molecule has 7 rings (SSSR count). The molecule has 2 aliphatic heterocycles. The van der Waals surface area contributed by atoms with Crippen molar-refractivity contribution in [1.82, 2.24) is 5.32 Å². The van der Waals surface area contributed by atoms with Crippen molar-refractivity contribution in [3.05, 3.63) is 82.9 Å². The van der Waals surface area contributed by atoms with Crippen LogP contribution >= 0.6 is 22.6 Å². The van der Waals surface area contributed by atoms with Crippen molar-refractivity contribution in [2.24, 2.45) is 16.7 Å². The quantitative estimate of drug-likeness (QED) is 0.0363. The number of fused-ring (bicyclic) bond motifs is 4. The summed E-state index contributed by atoms with van der Waals surface area (Å²) in [4.78, 5) is 73.1. The van der Waals surface area contributed by atoms with Crippen molar-refractivity contribution in [2.45, 2.75) is 177 Å². The van der Waals surface area contributed by atoms with Crippen LogP contribution in [0.4, 0.5) is 4.79 Å². The number of carbonyl (C=O) groups is 5. The molecular weight excluding hydrogens is 1000 g/mol. The fraction of sp³-hybridized carbons (Fsp3) is 0.627. The molecule has 16 heteroatoms. The van der Waals surface area contributed by atoms with E-state index in [9.17, 15) is 14.4 Å². The normalized spacial score (nSPS) is 32.1. The Morgan fingerprint density at radius 2 is 1.51 bits per heavy atom. The van der Waals surface area contributed by atoms with Crippen molar-refractivity contribution in [3.63, 3.8) is 0 Å². The topological polar surface area (TPSA) is 165 Å². The number of ketones is 1. The van der Waals surface area contributed by atoms with E-state index in [2.05, 4.69) is 69.5 Å². The van der Waals surface area contributed by atoms with Gasteiger partial charge < -0.3 is 37.9 Å². The van der Waals surface area contributed by atoms with Crippen LogP contribution in [0.1, 0.15) is 111 Å². The summed E-state index contributed by atoms with van der Waals surface area (Å²) < 4.78 is 46.8. The number of Topliss-reactive ketones (excluding diaryl/α,β-unsaturated/α-hetero) is 1. The molecule has 2 heterocycles. The lowest BCUT2D eigenvalue weighted by atomic mass is 9.46. The van der Waals surface area contributed by atoms with Crippen molar-refractivity contribution < 1.29 is 56.5 Å². The Hall–Kier alpha value is -3.43. The number of ether oxygens (including phenoxy) is 5. The van der Waals surface area contributed by atoms with Crippen LogP contribution in [0, 0.1) is 16.7 Å². The monoisotopic (exact) mass is 1070 g/mol. The maximum Gasteiger partial charge on any atom is 0.509 e. The zero-order chi connectivity index (χ0) is 49.3. The predicted octanol–water partition coefficient (Wildman–Crippen LogP) is 9.98. The van der Waals surface area contributed by atoms with E-state index in [1.807, 2.05) is 70.3 Å². The van der Waals surface area contributed by atoms with Crippen LogP contribution in [0.15, 0.2) is 71.8 Å². The smallest absolute Gasteiger partial charge is 0.456 e. The third-order valence-corrected chi connectivity index (χ3v) is 27.5. The van der Waals surface area contributed by atoms with Gasteiger partial charge in [-0.3, -0.25) is 14.4 Å². The third-order valence-electron chi connectivity index (χ3n) is 16.8. The molecule has 67 heavy (non-hydrogen) atoms. The SMILES string of the molecule is CC[Si](CC)(CC)O[C@H]1C[C@H](I)[C@@]2(CO2)[C@H]2[C@@H]3OC(=O)O[C@]34C[C@H](OC(=O)[C@H](O[Si](C)(C)C(C)(C)C)[C@@H](NC(=O)c3ccccc3)c3ccccc3)C(C)=C([C@@H](OC(C)=O)C(=O)[C@]12C)C4(C)C. The van der Waals surface area contributed by atoms with E-state index in [-0.39, 0.29) is 21.2 Å². The zero-order valence-corrected chi connectivity index (χ0v) is 45.6. The Kier molecular flexibility index (Phi) is 14.1. The fourth-order valence-electron chi connectivity index (χ4n) is 11.4. The highest BCUT2D eigenvalue weighted by molar-refractivity contribution is 14.1. The van der Waals surface area contributed by atoms with Crippen molar-refractivity contribution in [1.29, 1.82) is 0 Å². The fourth-order valence-corrected chi connectivity index (χ4v) is 16.8. The van der Waals surface area contributed by atoms with Crippen LogP contribution in [0.25, 0.3) is 0 Å². The second-order valence-corrected chi connectivity index (χ2v) is 32.6. The van der Waals surface area contributed by atoms with Crippen LogP contribution in [-0.4, -0.2) is 98.7 Å². The first kappa shape index (κ1) is 51.4. The van der Waals surface area contributed by atoms with E-state index in [1.54, 1.807) is 31.2 Å². The minimum atomic E-state index is -2.83. The standard InChI is InChI=1S/C51H70INO12Si2/c1-14-67(15-2,16-3)64-36-27-35(52)50(29-59-50)41-43-51(63-46(58)62-43)28-34(30(4)37(48(51,9)10)39(60-31(5)54)42(55)49(36,41)11)61-45(57)40(65-66(12,13)47(6,7)8)38(32-23-19-17-20-24-32)53-44(56)33-25-21-18-22-26-33/h17-26,34-36,38-41,43H,14-16,27-29H2,1-13H3,(H,53,56)/t34-,35-,36-,38-,39+,40+,41-,43-,49+,50-,51+/m0/s1. The lowest BCUT2D eigenvalue weighted by Gasteiger charge is -2.61. The van der Waals surface area contributed by atoms with E-state index in [0.29, 0.717) is 35.3 Å². The van der Waals surface area contributed by atoms with Gasteiger partial charge in [-0.15, -0.1) is 0 Å². The number of amides is 1. The molecule has 2 aromatic carbocycles. The van der Waals surface area contributed by atoms with E-state index in [0.717, 1.165) is 18.1 Å². The number of nitrogens with one attached hydrogen (secondary N) is 1. The average molecular weight is 1070 g/mol. The first-order valence-corrected chi connectivity index (χ1v) is 30.5. The zero-order valence-electron chi connectivity index (χ0n) is 41.4. The van der Waals surface area contributed by atoms with E-state index in [4.69, 9.17) is 32.5 Å². The molecule has 0 unspecified atom stereocenters. The summed E-state index contributed by atoms with van der Waals surface area (Å²) >= 11 is 2.40. The Labute approximate surface area is 411 Å². The van der Waals surface area contributed by atoms with Gasteiger partial charge in [0.05, 0.1) is 24.2 Å². The Bertz CT molecular complexity index is 2270. The first-order chi connectivity index (χ1) is 31.3. The molecular formula is C51H70INO12Si2. The molecule has 2 saturated heterocycles. The molecule has 0 radical (unpaired) electrons. The Balaban J connectivity index is 1.41. The number of halogens is 1. The highest BCUT2D eigenvalue weighted by Gasteiger charge is 2.81. The largest absolute Gasteiger partial charge is 0.509 e. The number of esters is 2. The van der Waals surface area contributed by atoms with Crippen molar-refractivity contribution >= 4 is 69.0 Å². The second kappa shape index (κ2) is 18.4. The molecule has 366 valence electrons. The molecule has 1 amide bonds. The Morgan fingerprint density at radius 1 is 0.925 bits per heavy atom.